The number of benzene rings is 2. The molecule has 0 unspecified atom stereocenters. The number of nitrogens with one attached hydrogen (secondary N) is 2. The number of anilines is 2. The minimum absolute atomic E-state index is 0.0369. The summed E-state index contributed by atoms with van der Waals surface area (Å²) < 4.78 is 48.8. The van der Waals surface area contributed by atoms with Crippen LogP contribution in [0.15, 0.2) is 48.5 Å². The number of fused-ring (bicyclic) bond motifs is 1. The van der Waals surface area contributed by atoms with E-state index in [9.17, 15) is 27.6 Å². The molecule has 0 spiro atoms. The lowest BCUT2D eigenvalue weighted by Gasteiger charge is -2.30. The SMILES string of the molecule is CC(C)N1C(=O)[C@H](NC(=O)[C@@H](Cc2ccccc2OC(F)(F)F)NC(=O)OC(C)(C)C)CN(CC2CC2)c2ccccc21. The third kappa shape index (κ3) is 8.77. The Morgan fingerprint density at radius 3 is 2.23 bits per heavy atom. The molecule has 0 bridgehead atoms. The van der Waals surface area contributed by atoms with Crippen LogP contribution >= 0.6 is 0 Å². The first kappa shape index (κ1) is 32.0. The van der Waals surface area contributed by atoms with Gasteiger partial charge in [0.05, 0.1) is 11.4 Å². The molecule has 12 heteroatoms. The number of rotatable bonds is 9. The van der Waals surface area contributed by atoms with Crippen molar-refractivity contribution in [2.75, 3.05) is 22.9 Å². The molecule has 1 saturated carbocycles. The Morgan fingerprint density at radius 2 is 1.63 bits per heavy atom. The van der Waals surface area contributed by atoms with E-state index in [-0.39, 0.29) is 30.5 Å². The van der Waals surface area contributed by atoms with E-state index in [2.05, 4.69) is 20.3 Å². The van der Waals surface area contributed by atoms with Crippen molar-refractivity contribution in [3.05, 3.63) is 54.1 Å². The highest BCUT2D eigenvalue weighted by atomic mass is 19.4. The molecule has 2 aromatic rings. The molecule has 9 nitrogen and oxygen atoms in total. The second kappa shape index (κ2) is 12.7. The highest BCUT2D eigenvalue weighted by molar-refractivity contribution is 6.04. The van der Waals surface area contributed by atoms with Gasteiger partial charge in [-0.1, -0.05) is 30.3 Å². The second-order valence-electron chi connectivity index (χ2n) is 12.3. The third-order valence-electron chi connectivity index (χ3n) is 7.06. The number of hydrogen-bond acceptors (Lipinski definition) is 6. The number of carbonyl (C=O) groups is 3. The maximum absolute atomic E-state index is 14.0. The average molecular weight is 605 g/mol. The van der Waals surface area contributed by atoms with Crippen molar-refractivity contribution in [2.45, 2.75) is 84.0 Å². The summed E-state index contributed by atoms with van der Waals surface area (Å²) in [4.78, 5) is 44.3. The van der Waals surface area contributed by atoms with Crippen LogP contribution in [0.3, 0.4) is 0 Å². The zero-order valence-electron chi connectivity index (χ0n) is 25.0. The third-order valence-corrected chi connectivity index (χ3v) is 7.06. The summed E-state index contributed by atoms with van der Waals surface area (Å²) in [5, 5.41) is 5.29. The van der Waals surface area contributed by atoms with Crippen LogP contribution in [0.5, 0.6) is 5.75 Å². The van der Waals surface area contributed by atoms with Gasteiger partial charge >= 0.3 is 12.5 Å². The zero-order valence-corrected chi connectivity index (χ0v) is 25.0. The van der Waals surface area contributed by atoms with E-state index in [4.69, 9.17) is 4.74 Å². The molecule has 1 aliphatic heterocycles. The van der Waals surface area contributed by atoms with Crippen LogP contribution in [0.2, 0.25) is 0 Å². The lowest BCUT2D eigenvalue weighted by atomic mass is 10.0. The summed E-state index contributed by atoms with van der Waals surface area (Å²) >= 11 is 0. The fourth-order valence-corrected chi connectivity index (χ4v) is 5.09. The maximum atomic E-state index is 14.0. The van der Waals surface area contributed by atoms with E-state index in [1.807, 2.05) is 38.1 Å². The number of alkyl carbamates (subject to hydrolysis) is 1. The molecule has 234 valence electrons. The van der Waals surface area contributed by atoms with Gasteiger partial charge < -0.3 is 29.9 Å². The van der Waals surface area contributed by atoms with E-state index in [1.165, 1.54) is 18.2 Å². The number of para-hydroxylation sites is 3. The second-order valence-corrected chi connectivity index (χ2v) is 12.3. The maximum Gasteiger partial charge on any atom is 0.573 e. The van der Waals surface area contributed by atoms with Crippen molar-refractivity contribution in [1.29, 1.82) is 0 Å². The van der Waals surface area contributed by atoms with Gasteiger partial charge in [0.15, 0.2) is 0 Å². The summed E-state index contributed by atoms with van der Waals surface area (Å²) in [6.45, 7) is 9.60. The molecule has 43 heavy (non-hydrogen) atoms. The molecule has 2 N–H and O–H groups in total. The van der Waals surface area contributed by atoms with E-state index in [0.29, 0.717) is 12.5 Å². The smallest absolute Gasteiger partial charge is 0.444 e. The molecular weight excluding hydrogens is 565 g/mol. The van der Waals surface area contributed by atoms with Crippen molar-refractivity contribution in [3.63, 3.8) is 0 Å². The minimum Gasteiger partial charge on any atom is -0.444 e. The summed E-state index contributed by atoms with van der Waals surface area (Å²) in [7, 11) is 0. The molecule has 2 aromatic carbocycles. The Hall–Kier alpha value is -3.96. The number of carbonyl (C=O) groups excluding carboxylic acids is 3. The van der Waals surface area contributed by atoms with Crippen molar-refractivity contribution in [2.24, 2.45) is 5.92 Å². The number of hydrogen-bond donors (Lipinski definition) is 2. The van der Waals surface area contributed by atoms with E-state index >= 15 is 0 Å². The zero-order chi connectivity index (χ0) is 31.5. The van der Waals surface area contributed by atoms with Crippen molar-refractivity contribution in [3.8, 4) is 5.75 Å². The van der Waals surface area contributed by atoms with Gasteiger partial charge in [0, 0.05) is 25.6 Å². The van der Waals surface area contributed by atoms with Gasteiger partial charge in [-0.2, -0.15) is 0 Å². The first-order valence-electron chi connectivity index (χ1n) is 14.4. The van der Waals surface area contributed by atoms with Crippen LogP contribution in [-0.2, 0) is 20.7 Å². The molecule has 0 radical (unpaired) electrons. The van der Waals surface area contributed by atoms with E-state index in [1.54, 1.807) is 25.7 Å². The van der Waals surface area contributed by atoms with Crippen LogP contribution in [0.4, 0.5) is 29.3 Å². The Morgan fingerprint density at radius 1 is 1.00 bits per heavy atom. The lowest BCUT2D eigenvalue weighted by Crippen LogP contribution is -2.58. The predicted octanol–water partition coefficient (Wildman–Crippen LogP) is 5.18. The summed E-state index contributed by atoms with van der Waals surface area (Å²) in [6, 6.07) is 10.4. The molecule has 0 saturated heterocycles. The Kier molecular flexibility index (Phi) is 9.46. The summed E-state index contributed by atoms with van der Waals surface area (Å²) in [6.07, 6.45) is -4.07. The minimum atomic E-state index is -4.96. The van der Waals surface area contributed by atoms with Crippen LogP contribution in [0, 0.1) is 5.92 Å². The summed E-state index contributed by atoms with van der Waals surface area (Å²) in [5.41, 5.74) is 0.762. The van der Waals surface area contributed by atoms with Gasteiger partial charge in [0.2, 0.25) is 5.91 Å². The quantitative estimate of drug-likeness (QED) is 0.410. The Balaban J connectivity index is 1.64. The predicted molar refractivity (Wildman–Crippen MR) is 156 cm³/mol. The number of ether oxygens (including phenoxy) is 2. The largest absolute Gasteiger partial charge is 0.573 e. The standard InChI is InChI=1S/C31H39F3N4O5/c1-19(2)38-25-12-8-7-11-24(25)37(17-20-14-15-20)18-23(28(38)40)35-27(39)22(36-29(41)43-30(3,4)5)16-21-10-6-9-13-26(21)42-31(32,33)34/h6-13,19-20,22-23H,14-18H2,1-5H3,(H,35,39)(H,36,41)/t22-,23-/m1/s1. The number of nitrogens with zero attached hydrogens (tertiary/aromatic N) is 2. The highest BCUT2D eigenvalue weighted by Crippen LogP contribution is 2.38. The fourth-order valence-electron chi connectivity index (χ4n) is 5.09. The van der Waals surface area contributed by atoms with Gasteiger partial charge in [0.25, 0.3) is 5.91 Å². The molecule has 3 amide bonds. The van der Waals surface area contributed by atoms with Gasteiger partial charge in [-0.05, 0) is 77.1 Å². The molecular formula is C31H39F3N4O5. The number of amides is 3. The van der Waals surface area contributed by atoms with Crippen molar-refractivity contribution < 1.29 is 37.0 Å². The van der Waals surface area contributed by atoms with E-state index < -0.39 is 41.8 Å². The molecule has 0 aromatic heterocycles. The van der Waals surface area contributed by atoms with Crippen LogP contribution in [0.25, 0.3) is 0 Å². The van der Waals surface area contributed by atoms with Gasteiger partial charge in [-0.3, -0.25) is 9.59 Å². The van der Waals surface area contributed by atoms with E-state index in [0.717, 1.165) is 30.3 Å². The molecule has 1 heterocycles. The molecule has 4 rings (SSSR count). The lowest BCUT2D eigenvalue weighted by molar-refractivity contribution is -0.274. The monoisotopic (exact) mass is 604 g/mol. The summed E-state index contributed by atoms with van der Waals surface area (Å²) in [5.74, 6) is -1.09. The van der Waals surface area contributed by atoms with Crippen molar-refractivity contribution >= 4 is 29.3 Å². The molecule has 1 fully saturated rings. The van der Waals surface area contributed by atoms with Gasteiger partial charge in [-0.15, -0.1) is 13.2 Å². The van der Waals surface area contributed by atoms with Crippen LogP contribution in [-0.4, -0.2) is 61.1 Å². The molecule has 1 aliphatic carbocycles. The topological polar surface area (TPSA) is 100 Å². The fraction of sp³-hybridized carbons (Fsp3) is 0.516. The number of alkyl halides is 3. The Labute approximate surface area is 249 Å². The first-order valence-corrected chi connectivity index (χ1v) is 14.4. The van der Waals surface area contributed by atoms with Crippen LogP contribution in [0.1, 0.15) is 53.0 Å². The average Bonchev–Trinajstić information content (AvgIpc) is 3.71. The molecule has 2 atom stereocenters. The molecule has 2 aliphatic rings. The number of halogens is 3. The van der Waals surface area contributed by atoms with Crippen molar-refractivity contribution in [1.82, 2.24) is 10.6 Å². The van der Waals surface area contributed by atoms with Crippen LogP contribution < -0.4 is 25.2 Å². The normalized spacial score (nSPS) is 18.1. The first-order chi connectivity index (χ1) is 20.1. The van der Waals surface area contributed by atoms with Gasteiger partial charge in [0.1, 0.15) is 23.4 Å². The Bertz CT molecular complexity index is 1320. The highest BCUT2D eigenvalue weighted by Gasteiger charge is 2.39. The van der Waals surface area contributed by atoms with Gasteiger partial charge in [-0.25, -0.2) is 4.79 Å².